The first kappa shape index (κ1) is 13.4. The van der Waals surface area contributed by atoms with Crippen LogP contribution in [0.25, 0.3) is 0 Å². The van der Waals surface area contributed by atoms with Gasteiger partial charge in [-0.15, -0.1) is 0 Å². The quantitative estimate of drug-likeness (QED) is 0.872. The van der Waals surface area contributed by atoms with Gasteiger partial charge in [0.2, 0.25) is 0 Å². The second-order valence-corrected chi connectivity index (χ2v) is 5.81. The molecule has 0 spiro atoms. The van der Waals surface area contributed by atoms with Crippen LogP contribution in [0.15, 0.2) is 39.6 Å². The first-order valence-electron chi connectivity index (χ1n) is 6.89. The maximum absolute atomic E-state index is 12.3. The van der Waals surface area contributed by atoms with Crippen LogP contribution in [0.1, 0.15) is 22.5 Å². The predicted octanol–water partition coefficient (Wildman–Crippen LogP) is 2.69. The highest BCUT2D eigenvalue weighted by atomic mass is 32.1. The van der Waals surface area contributed by atoms with Gasteiger partial charge in [0.05, 0.1) is 6.26 Å². The molecular weight excluding hydrogens is 272 g/mol. The molecule has 0 N–H and O–H groups in total. The number of hydrogen-bond acceptors (Lipinski definition) is 4. The summed E-state index contributed by atoms with van der Waals surface area (Å²) in [7, 11) is 0. The maximum Gasteiger partial charge on any atom is 0.289 e. The maximum atomic E-state index is 12.3. The number of carbonyl (C=O) groups is 1. The highest BCUT2D eigenvalue weighted by molar-refractivity contribution is 7.07. The fourth-order valence-electron chi connectivity index (χ4n) is 2.53. The van der Waals surface area contributed by atoms with Crippen LogP contribution in [0, 0.1) is 0 Å². The van der Waals surface area contributed by atoms with Crippen molar-refractivity contribution < 1.29 is 9.21 Å². The van der Waals surface area contributed by atoms with E-state index in [4.69, 9.17) is 4.42 Å². The predicted molar refractivity (Wildman–Crippen MR) is 78.8 cm³/mol. The van der Waals surface area contributed by atoms with E-state index in [1.807, 2.05) is 4.90 Å². The van der Waals surface area contributed by atoms with Gasteiger partial charge >= 0.3 is 0 Å². The molecule has 5 heteroatoms. The molecule has 1 aliphatic heterocycles. The summed E-state index contributed by atoms with van der Waals surface area (Å²) < 4.78 is 5.20. The zero-order valence-corrected chi connectivity index (χ0v) is 12.1. The Balaban J connectivity index is 1.58. The number of hydrogen-bond donors (Lipinski definition) is 0. The Labute approximate surface area is 122 Å². The molecule has 0 radical (unpaired) electrons. The van der Waals surface area contributed by atoms with E-state index in [2.05, 4.69) is 21.7 Å². The van der Waals surface area contributed by atoms with Crippen molar-refractivity contribution >= 4 is 17.2 Å². The van der Waals surface area contributed by atoms with Crippen LogP contribution < -0.4 is 0 Å². The van der Waals surface area contributed by atoms with E-state index >= 15 is 0 Å². The molecule has 0 unspecified atom stereocenters. The van der Waals surface area contributed by atoms with Crippen molar-refractivity contribution in [3.8, 4) is 0 Å². The number of amides is 1. The molecule has 1 saturated heterocycles. The van der Waals surface area contributed by atoms with E-state index < -0.39 is 0 Å². The minimum Gasteiger partial charge on any atom is -0.459 e. The second-order valence-electron chi connectivity index (χ2n) is 5.03. The summed E-state index contributed by atoms with van der Waals surface area (Å²) in [4.78, 5) is 16.6. The largest absolute Gasteiger partial charge is 0.459 e. The van der Waals surface area contributed by atoms with Gasteiger partial charge in [0.25, 0.3) is 5.91 Å². The molecule has 106 valence electrons. The summed E-state index contributed by atoms with van der Waals surface area (Å²) in [5, 5.41) is 4.30. The van der Waals surface area contributed by atoms with Gasteiger partial charge < -0.3 is 9.32 Å². The number of thiophene rings is 1. The molecule has 0 bridgehead atoms. The van der Waals surface area contributed by atoms with E-state index in [1.165, 1.54) is 5.56 Å². The summed E-state index contributed by atoms with van der Waals surface area (Å²) in [6.07, 6.45) is 2.56. The molecule has 0 aromatic carbocycles. The molecule has 1 fully saturated rings. The van der Waals surface area contributed by atoms with Crippen LogP contribution in [-0.4, -0.2) is 41.9 Å². The lowest BCUT2D eigenvalue weighted by molar-refractivity contribution is 0.0729. The minimum absolute atomic E-state index is 0.00684. The summed E-state index contributed by atoms with van der Waals surface area (Å²) in [6, 6.07) is 5.66. The second kappa shape index (κ2) is 6.24. The third-order valence-corrected chi connectivity index (χ3v) is 4.33. The van der Waals surface area contributed by atoms with Gasteiger partial charge in [-0.1, -0.05) is 0 Å². The van der Waals surface area contributed by atoms with Crippen molar-refractivity contribution in [3.63, 3.8) is 0 Å². The first-order chi connectivity index (χ1) is 9.83. The lowest BCUT2D eigenvalue weighted by Crippen LogP contribution is -2.34. The van der Waals surface area contributed by atoms with E-state index in [9.17, 15) is 4.79 Å². The topological polar surface area (TPSA) is 36.7 Å². The molecule has 1 aliphatic rings. The van der Waals surface area contributed by atoms with Gasteiger partial charge in [-0.05, 0) is 40.9 Å². The van der Waals surface area contributed by atoms with Crippen LogP contribution in [-0.2, 0) is 6.54 Å². The molecule has 0 saturated carbocycles. The Hall–Kier alpha value is -1.59. The van der Waals surface area contributed by atoms with Gasteiger partial charge in [0.1, 0.15) is 0 Å². The molecule has 0 atom stereocenters. The minimum atomic E-state index is 0.00684. The van der Waals surface area contributed by atoms with Gasteiger partial charge in [0.15, 0.2) is 5.76 Å². The SMILES string of the molecule is O=C(c1ccco1)N1CCCN(Cc2ccsc2)CC1. The first-order valence-corrected chi connectivity index (χ1v) is 7.83. The van der Waals surface area contributed by atoms with Crippen LogP contribution in [0.5, 0.6) is 0 Å². The Morgan fingerprint density at radius 3 is 2.95 bits per heavy atom. The van der Waals surface area contributed by atoms with Gasteiger partial charge in [-0.25, -0.2) is 0 Å². The van der Waals surface area contributed by atoms with Gasteiger partial charge in [0, 0.05) is 32.7 Å². The highest BCUT2D eigenvalue weighted by Gasteiger charge is 2.21. The molecule has 2 aromatic rings. The molecule has 2 aromatic heterocycles. The molecule has 1 amide bonds. The average molecular weight is 290 g/mol. The Kier molecular flexibility index (Phi) is 4.18. The summed E-state index contributed by atoms with van der Waals surface area (Å²) >= 11 is 1.73. The summed E-state index contributed by atoms with van der Waals surface area (Å²) in [5.41, 5.74) is 1.36. The van der Waals surface area contributed by atoms with E-state index in [0.29, 0.717) is 5.76 Å². The lowest BCUT2D eigenvalue weighted by Gasteiger charge is -2.21. The molecule has 4 nitrogen and oxygen atoms in total. The number of rotatable bonds is 3. The standard InChI is InChI=1S/C15H18N2O2S/c18-15(14-3-1-9-19-14)17-6-2-5-16(7-8-17)11-13-4-10-20-12-13/h1,3-4,9-10,12H,2,5-8,11H2. The molecular formula is C15H18N2O2S. The van der Waals surface area contributed by atoms with Crippen molar-refractivity contribution in [2.24, 2.45) is 0 Å². The van der Waals surface area contributed by atoms with E-state index in [0.717, 1.165) is 39.1 Å². The van der Waals surface area contributed by atoms with Crippen LogP contribution >= 0.6 is 11.3 Å². The Morgan fingerprint density at radius 2 is 2.20 bits per heavy atom. The highest BCUT2D eigenvalue weighted by Crippen LogP contribution is 2.13. The van der Waals surface area contributed by atoms with E-state index in [-0.39, 0.29) is 5.91 Å². The number of carbonyl (C=O) groups excluding carboxylic acids is 1. The van der Waals surface area contributed by atoms with Crippen LogP contribution in [0.3, 0.4) is 0 Å². The molecule has 3 heterocycles. The Bertz CT molecular complexity index is 536. The zero-order valence-electron chi connectivity index (χ0n) is 11.3. The van der Waals surface area contributed by atoms with Gasteiger partial charge in [-0.3, -0.25) is 9.69 Å². The fourth-order valence-corrected chi connectivity index (χ4v) is 3.19. The summed E-state index contributed by atoms with van der Waals surface area (Å²) in [5.74, 6) is 0.448. The number of nitrogens with zero attached hydrogens (tertiary/aromatic N) is 2. The van der Waals surface area contributed by atoms with Crippen LogP contribution in [0.4, 0.5) is 0 Å². The van der Waals surface area contributed by atoms with Crippen molar-refractivity contribution in [1.82, 2.24) is 9.80 Å². The smallest absolute Gasteiger partial charge is 0.289 e. The lowest BCUT2D eigenvalue weighted by atomic mass is 10.3. The monoisotopic (exact) mass is 290 g/mol. The van der Waals surface area contributed by atoms with Crippen molar-refractivity contribution in [2.45, 2.75) is 13.0 Å². The van der Waals surface area contributed by atoms with Crippen molar-refractivity contribution in [2.75, 3.05) is 26.2 Å². The molecule has 3 rings (SSSR count). The fraction of sp³-hybridized carbons (Fsp3) is 0.400. The molecule has 0 aliphatic carbocycles. The number of furan rings is 1. The van der Waals surface area contributed by atoms with Crippen molar-refractivity contribution in [3.05, 3.63) is 46.5 Å². The molecule has 20 heavy (non-hydrogen) atoms. The summed E-state index contributed by atoms with van der Waals surface area (Å²) in [6.45, 7) is 4.51. The third-order valence-electron chi connectivity index (χ3n) is 3.59. The zero-order chi connectivity index (χ0) is 13.8. The van der Waals surface area contributed by atoms with Crippen molar-refractivity contribution in [1.29, 1.82) is 0 Å². The van der Waals surface area contributed by atoms with Gasteiger partial charge in [-0.2, -0.15) is 11.3 Å². The van der Waals surface area contributed by atoms with Crippen LogP contribution in [0.2, 0.25) is 0 Å². The normalized spacial score (nSPS) is 17.1. The Morgan fingerprint density at radius 1 is 1.25 bits per heavy atom. The van der Waals surface area contributed by atoms with E-state index in [1.54, 1.807) is 29.7 Å². The third kappa shape index (κ3) is 3.11. The average Bonchev–Trinajstić information content (AvgIpc) is 3.10.